The Morgan fingerprint density at radius 3 is 2.80 bits per heavy atom. The Balaban J connectivity index is 2.07. The van der Waals surface area contributed by atoms with Gasteiger partial charge in [-0.1, -0.05) is 6.07 Å². The van der Waals surface area contributed by atoms with Crippen LogP contribution in [0, 0.1) is 12.7 Å². The first-order chi connectivity index (χ1) is 9.65. The lowest BCUT2D eigenvalue weighted by atomic mass is 10.1. The van der Waals surface area contributed by atoms with Gasteiger partial charge >= 0.3 is 0 Å². The summed E-state index contributed by atoms with van der Waals surface area (Å²) >= 11 is 0. The van der Waals surface area contributed by atoms with Gasteiger partial charge in [-0.25, -0.2) is 4.39 Å². The number of nitrogens with zero attached hydrogens (tertiary/aromatic N) is 1. The standard InChI is InChI=1S/C16H13FN2O/c1-10-2-4-13(17)15(8-10)20-14-5-3-11-9-19-7-6-12(11)16(14)18/h2-9H,18H2,1H3. The summed E-state index contributed by atoms with van der Waals surface area (Å²) in [5, 5.41) is 1.76. The molecule has 0 saturated heterocycles. The number of hydrogen-bond acceptors (Lipinski definition) is 3. The molecule has 100 valence electrons. The number of fused-ring (bicyclic) bond motifs is 1. The maximum Gasteiger partial charge on any atom is 0.165 e. The van der Waals surface area contributed by atoms with E-state index in [2.05, 4.69) is 4.98 Å². The van der Waals surface area contributed by atoms with E-state index in [1.54, 1.807) is 30.6 Å². The van der Waals surface area contributed by atoms with Crippen LogP contribution in [0.3, 0.4) is 0 Å². The Kier molecular flexibility index (Phi) is 2.99. The molecule has 0 bridgehead atoms. The summed E-state index contributed by atoms with van der Waals surface area (Å²) in [6.07, 6.45) is 3.39. The van der Waals surface area contributed by atoms with Gasteiger partial charge in [0.2, 0.25) is 0 Å². The minimum absolute atomic E-state index is 0.171. The van der Waals surface area contributed by atoms with Crippen LogP contribution in [-0.4, -0.2) is 4.98 Å². The van der Waals surface area contributed by atoms with E-state index in [9.17, 15) is 4.39 Å². The number of benzene rings is 2. The zero-order valence-corrected chi connectivity index (χ0v) is 10.9. The molecule has 0 unspecified atom stereocenters. The van der Waals surface area contributed by atoms with Crippen molar-refractivity contribution in [1.82, 2.24) is 4.98 Å². The highest BCUT2D eigenvalue weighted by Crippen LogP contribution is 2.34. The number of ether oxygens (including phenoxy) is 1. The summed E-state index contributed by atoms with van der Waals surface area (Å²) in [5.74, 6) is 0.197. The van der Waals surface area contributed by atoms with Crippen LogP contribution in [-0.2, 0) is 0 Å². The number of pyridine rings is 1. The van der Waals surface area contributed by atoms with E-state index >= 15 is 0 Å². The molecule has 0 radical (unpaired) electrons. The largest absolute Gasteiger partial charge is 0.452 e. The monoisotopic (exact) mass is 268 g/mol. The summed E-state index contributed by atoms with van der Waals surface area (Å²) in [6.45, 7) is 1.88. The van der Waals surface area contributed by atoms with Crippen molar-refractivity contribution in [3.05, 3.63) is 60.2 Å². The number of aryl methyl sites for hydroxylation is 1. The fourth-order valence-electron chi connectivity index (χ4n) is 2.07. The quantitative estimate of drug-likeness (QED) is 0.713. The minimum Gasteiger partial charge on any atom is -0.452 e. The highest BCUT2D eigenvalue weighted by atomic mass is 19.1. The van der Waals surface area contributed by atoms with E-state index in [1.165, 1.54) is 6.07 Å². The molecule has 2 aromatic carbocycles. The van der Waals surface area contributed by atoms with Gasteiger partial charge in [0.25, 0.3) is 0 Å². The Labute approximate surface area is 115 Å². The highest BCUT2D eigenvalue weighted by Gasteiger charge is 2.10. The van der Waals surface area contributed by atoms with Gasteiger partial charge in [-0.2, -0.15) is 0 Å². The van der Waals surface area contributed by atoms with Crippen LogP contribution in [0.5, 0.6) is 11.5 Å². The van der Waals surface area contributed by atoms with E-state index in [0.29, 0.717) is 11.4 Å². The lowest BCUT2D eigenvalue weighted by Crippen LogP contribution is -1.95. The van der Waals surface area contributed by atoms with Crippen molar-refractivity contribution in [2.24, 2.45) is 0 Å². The van der Waals surface area contributed by atoms with Crippen LogP contribution >= 0.6 is 0 Å². The molecular formula is C16H13FN2O. The first-order valence-electron chi connectivity index (χ1n) is 6.21. The van der Waals surface area contributed by atoms with Crippen LogP contribution in [0.2, 0.25) is 0 Å². The van der Waals surface area contributed by atoms with Gasteiger partial charge in [-0.05, 0) is 42.8 Å². The second-order valence-corrected chi connectivity index (χ2v) is 4.61. The van der Waals surface area contributed by atoms with Crippen LogP contribution in [0.4, 0.5) is 10.1 Å². The van der Waals surface area contributed by atoms with Gasteiger partial charge in [0, 0.05) is 23.2 Å². The predicted molar refractivity (Wildman–Crippen MR) is 77.4 cm³/mol. The number of aromatic nitrogens is 1. The molecule has 3 nitrogen and oxygen atoms in total. The number of rotatable bonds is 2. The Hall–Kier alpha value is -2.62. The normalized spacial score (nSPS) is 10.7. The molecule has 3 rings (SSSR count). The van der Waals surface area contributed by atoms with E-state index in [-0.39, 0.29) is 5.75 Å². The molecule has 0 aliphatic rings. The smallest absolute Gasteiger partial charge is 0.165 e. The van der Waals surface area contributed by atoms with Crippen molar-refractivity contribution >= 4 is 16.5 Å². The van der Waals surface area contributed by atoms with Gasteiger partial charge in [-0.3, -0.25) is 4.98 Å². The van der Waals surface area contributed by atoms with Crippen LogP contribution in [0.25, 0.3) is 10.8 Å². The SMILES string of the molecule is Cc1ccc(F)c(Oc2ccc3cnccc3c2N)c1. The van der Waals surface area contributed by atoms with E-state index in [0.717, 1.165) is 16.3 Å². The minimum atomic E-state index is -0.412. The summed E-state index contributed by atoms with van der Waals surface area (Å²) in [7, 11) is 0. The highest BCUT2D eigenvalue weighted by molar-refractivity contribution is 5.95. The summed E-state index contributed by atoms with van der Waals surface area (Å²) in [5.41, 5.74) is 7.48. The van der Waals surface area contributed by atoms with Gasteiger partial charge in [0.1, 0.15) is 0 Å². The van der Waals surface area contributed by atoms with Crippen LogP contribution in [0.15, 0.2) is 48.8 Å². The number of hydrogen-bond donors (Lipinski definition) is 1. The maximum atomic E-state index is 13.7. The molecule has 0 amide bonds. The van der Waals surface area contributed by atoms with Crippen molar-refractivity contribution in [2.45, 2.75) is 6.92 Å². The molecule has 20 heavy (non-hydrogen) atoms. The van der Waals surface area contributed by atoms with Crippen LogP contribution < -0.4 is 10.5 Å². The summed E-state index contributed by atoms with van der Waals surface area (Å²) < 4.78 is 19.3. The molecule has 0 fully saturated rings. The lowest BCUT2D eigenvalue weighted by Gasteiger charge is -2.11. The Morgan fingerprint density at radius 1 is 1.10 bits per heavy atom. The van der Waals surface area contributed by atoms with Crippen molar-refractivity contribution in [3.8, 4) is 11.5 Å². The fraction of sp³-hybridized carbons (Fsp3) is 0.0625. The van der Waals surface area contributed by atoms with Gasteiger partial charge in [-0.15, -0.1) is 0 Å². The fourth-order valence-corrected chi connectivity index (χ4v) is 2.07. The molecule has 0 atom stereocenters. The molecule has 1 heterocycles. The lowest BCUT2D eigenvalue weighted by molar-refractivity contribution is 0.444. The van der Waals surface area contributed by atoms with E-state index < -0.39 is 5.82 Å². The topological polar surface area (TPSA) is 48.1 Å². The summed E-state index contributed by atoms with van der Waals surface area (Å²) in [4.78, 5) is 4.04. The van der Waals surface area contributed by atoms with Crippen molar-refractivity contribution in [1.29, 1.82) is 0 Å². The first-order valence-corrected chi connectivity index (χ1v) is 6.21. The molecule has 0 aliphatic heterocycles. The van der Waals surface area contributed by atoms with Crippen molar-refractivity contribution < 1.29 is 9.13 Å². The Bertz CT molecular complexity index is 787. The zero-order valence-electron chi connectivity index (χ0n) is 10.9. The third-order valence-electron chi connectivity index (χ3n) is 3.13. The molecule has 4 heteroatoms. The summed E-state index contributed by atoms with van der Waals surface area (Å²) in [6, 6.07) is 10.1. The first kappa shape index (κ1) is 12.4. The van der Waals surface area contributed by atoms with Crippen molar-refractivity contribution in [3.63, 3.8) is 0 Å². The second kappa shape index (κ2) is 4.81. The molecular weight excluding hydrogens is 255 g/mol. The van der Waals surface area contributed by atoms with Crippen LogP contribution in [0.1, 0.15) is 5.56 Å². The second-order valence-electron chi connectivity index (χ2n) is 4.61. The zero-order chi connectivity index (χ0) is 14.1. The van der Waals surface area contributed by atoms with Gasteiger partial charge in [0.05, 0.1) is 5.69 Å². The number of nitrogen functional groups attached to an aromatic ring is 1. The predicted octanol–water partition coefficient (Wildman–Crippen LogP) is 4.06. The maximum absolute atomic E-state index is 13.7. The molecule has 1 aromatic heterocycles. The molecule has 0 spiro atoms. The average Bonchev–Trinajstić information content (AvgIpc) is 2.46. The third kappa shape index (κ3) is 2.16. The average molecular weight is 268 g/mol. The van der Waals surface area contributed by atoms with E-state index in [1.807, 2.05) is 19.1 Å². The number of anilines is 1. The van der Waals surface area contributed by atoms with Gasteiger partial charge < -0.3 is 10.5 Å². The molecule has 0 aliphatic carbocycles. The number of nitrogens with two attached hydrogens (primary N) is 1. The number of halogens is 1. The Morgan fingerprint density at radius 2 is 1.95 bits per heavy atom. The molecule has 3 aromatic rings. The molecule has 2 N–H and O–H groups in total. The van der Waals surface area contributed by atoms with E-state index in [4.69, 9.17) is 10.5 Å². The van der Waals surface area contributed by atoms with Crippen molar-refractivity contribution in [2.75, 3.05) is 5.73 Å². The van der Waals surface area contributed by atoms with Gasteiger partial charge in [0.15, 0.2) is 17.3 Å². The third-order valence-corrected chi connectivity index (χ3v) is 3.13. The molecule has 0 saturated carbocycles.